The van der Waals surface area contributed by atoms with Gasteiger partial charge in [-0.05, 0) is 80.3 Å². The second-order valence-electron chi connectivity index (χ2n) is 11.8. The summed E-state index contributed by atoms with van der Waals surface area (Å²) in [7, 11) is 1.83. The minimum atomic E-state index is -0.957. The van der Waals surface area contributed by atoms with Crippen LogP contribution in [-0.2, 0) is 23.1 Å². The third-order valence-electron chi connectivity index (χ3n) is 9.96. The molecule has 196 valence electrons. The maximum atomic E-state index is 13.5. The number of phenols is 1. The predicted octanol–water partition coefficient (Wildman–Crippen LogP) is 4.33. The smallest absolute Gasteiger partial charge is 0.227 e. The molecule has 3 fully saturated rings. The van der Waals surface area contributed by atoms with Crippen molar-refractivity contribution in [2.45, 2.75) is 74.1 Å². The zero-order valence-corrected chi connectivity index (χ0v) is 22.4. The monoisotopic (exact) mass is 542 g/mol. The number of likely N-dealkylation sites (N-methyl/N-ethyl adjacent to an activating group) is 1. The number of ether oxygens (including phenoxy) is 1. The number of phenolic OH excluding ortho intramolecular Hbond substituents is 1. The van der Waals surface area contributed by atoms with Crippen molar-refractivity contribution in [1.29, 1.82) is 0 Å². The highest BCUT2D eigenvalue weighted by molar-refractivity contribution is 6.42. The molecule has 0 aromatic heterocycles. The number of piperidine rings is 1. The van der Waals surface area contributed by atoms with E-state index in [2.05, 4.69) is 4.90 Å². The van der Waals surface area contributed by atoms with Crippen molar-refractivity contribution in [2.24, 2.45) is 5.92 Å². The molecule has 1 spiro atoms. The molecule has 2 N–H and O–H groups in total. The highest BCUT2D eigenvalue weighted by atomic mass is 35.5. The van der Waals surface area contributed by atoms with Gasteiger partial charge in [0.25, 0.3) is 0 Å². The van der Waals surface area contributed by atoms with E-state index in [1.807, 2.05) is 19.2 Å². The van der Waals surface area contributed by atoms with E-state index in [4.69, 9.17) is 27.9 Å². The molecule has 37 heavy (non-hydrogen) atoms. The van der Waals surface area contributed by atoms with Crippen LogP contribution in [0, 0.1) is 5.92 Å². The Kier molecular flexibility index (Phi) is 5.37. The van der Waals surface area contributed by atoms with Crippen molar-refractivity contribution < 1.29 is 19.7 Å². The number of amides is 1. The molecule has 2 bridgehead atoms. The Morgan fingerprint density at radius 1 is 1.16 bits per heavy atom. The number of carbonyl (C=O) groups is 1. The van der Waals surface area contributed by atoms with Crippen LogP contribution in [0.15, 0.2) is 30.3 Å². The summed E-state index contributed by atoms with van der Waals surface area (Å²) in [5.41, 5.74) is 1.35. The van der Waals surface area contributed by atoms with Crippen LogP contribution in [-0.4, -0.2) is 69.8 Å². The molecular weight excluding hydrogens is 511 g/mol. The van der Waals surface area contributed by atoms with Crippen LogP contribution in [0.3, 0.4) is 0 Å². The summed E-state index contributed by atoms with van der Waals surface area (Å²) < 4.78 is 6.61. The van der Waals surface area contributed by atoms with Crippen LogP contribution in [0.1, 0.15) is 48.8 Å². The molecule has 7 rings (SSSR count). The van der Waals surface area contributed by atoms with Crippen molar-refractivity contribution in [1.82, 2.24) is 9.80 Å². The SMILES string of the molecule is CN(C(=O)Cc1ccc(Cl)c(Cl)c1)C1CC[C@@]2(O)[C@H]3Cc4ccc(O)c5c4[C@@]2(CCN3CC2CC2)C1O5. The van der Waals surface area contributed by atoms with E-state index < -0.39 is 17.1 Å². The van der Waals surface area contributed by atoms with Gasteiger partial charge < -0.3 is 19.8 Å². The van der Waals surface area contributed by atoms with Gasteiger partial charge in [-0.1, -0.05) is 35.3 Å². The molecule has 8 heteroatoms. The van der Waals surface area contributed by atoms with Crippen LogP contribution in [0.2, 0.25) is 10.0 Å². The maximum absolute atomic E-state index is 13.5. The van der Waals surface area contributed by atoms with E-state index in [1.54, 1.807) is 23.1 Å². The largest absolute Gasteiger partial charge is 0.504 e. The molecule has 1 saturated heterocycles. The summed E-state index contributed by atoms with van der Waals surface area (Å²) in [5.74, 6) is 1.33. The highest BCUT2D eigenvalue weighted by Crippen LogP contribution is 2.66. The van der Waals surface area contributed by atoms with Crippen LogP contribution in [0.5, 0.6) is 11.5 Å². The minimum absolute atomic E-state index is 0.0223. The molecular formula is C29H32Cl2N2O4. The Labute approximate surface area is 227 Å². The molecule has 5 atom stereocenters. The lowest BCUT2D eigenvalue weighted by Crippen LogP contribution is -2.78. The fourth-order valence-corrected chi connectivity index (χ4v) is 8.31. The number of hydrogen-bond donors (Lipinski definition) is 2. The van der Waals surface area contributed by atoms with Crippen LogP contribution in [0.25, 0.3) is 0 Å². The van der Waals surface area contributed by atoms with Gasteiger partial charge >= 0.3 is 0 Å². The Morgan fingerprint density at radius 2 is 1.97 bits per heavy atom. The molecule has 2 aromatic rings. The average Bonchev–Trinajstić information content (AvgIpc) is 3.61. The Balaban J connectivity index is 1.25. The van der Waals surface area contributed by atoms with Crippen LogP contribution < -0.4 is 4.74 Å². The molecule has 6 nitrogen and oxygen atoms in total. The number of carbonyl (C=O) groups excluding carboxylic acids is 1. The number of benzene rings is 2. The lowest BCUT2D eigenvalue weighted by molar-refractivity contribution is -0.200. The fraction of sp³-hybridized carbons (Fsp3) is 0.552. The first kappa shape index (κ1) is 24.1. The van der Waals surface area contributed by atoms with E-state index in [-0.39, 0.29) is 30.2 Å². The normalized spacial score (nSPS) is 33.6. The summed E-state index contributed by atoms with van der Waals surface area (Å²) in [6, 6.07) is 8.81. The molecule has 5 aliphatic rings. The summed E-state index contributed by atoms with van der Waals surface area (Å²) in [6.45, 7) is 1.94. The number of rotatable bonds is 5. The summed E-state index contributed by atoms with van der Waals surface area (Å²) >= 11 is 12.3. The molecule has 2 aliphatic heterocycles. The first-order valence-electron chi connectivity index (χ1n) is 13.4. The standard InChI is InChI=1S/C29H32Cl2N2O4/c1-32(24(35)13-17-4-6-19(30)20(31)12-17)21-8-9-29(36)23-14-18-5-7-22(34)26-25(18)28(29,27(21)37-26)10-11-33(23)15-16-2-3-16/h4-7,12,16,21,23,27,34,36H,2-3,8-11,13-15H2,1H3/t21?,23-,27?,28+,29-/m1/s1. The number of halogens is 2. The van der Waals surface area contributed by atoms with Gasteiger partial charge in [0.05, 0.1) is 33.5 Å². The molecule has 2 heterocycles. The van der Waals surface area contributed by atoms with Crippen LogP contribution in [0.4, 0.5) is 0 Å². The number of aliphatic hydroxyl groups is 1. The third-order valence-corrected chi connectivity index (χ3v) is 10.7. The highest BCUT2D eigenvalue weighted by Gasteiger charge is 2.73. The molecule has 2 aromatic carbocycles. The van der Waals surface area contributed by atoms with Gasteiger partial charge in [0, 0.05) is 25.2 Å². The van der Waals surface area contributed by atoms with Crippen molar-refractivity contribution in [3.8, 4) is 11.5 Å². The van der Waals surface area contributed by atoms with Gasteiger partial charge in [-0.25, -0.2) is 0 Å². The topological polar surface area (TPSA) is 73.2 Å². The average molecular weight is 543 g/mol. The minimum Gasteiger partial charge on any atom is -0.504 e. The first-order chi connectivity index (χ1) is 17.7. The molecule has 0 radical (unpaired) electrons. The Morgan fingerprint density at radius 3 is 2.73 bits per heavy atom. The van der Waals surface area contributed by atoms with Gasteiger partial charge in [-0.2, -0.15) is 0 Å². The summed E-state index contributed by atoms with van der Waals surface area (Å²) in [4.78, 5) is 17.8. The first-order valence-corrected chi connectivity index (χ1v) is 14.2. The number of nitrogens with zero attached hydrogens (tertiary/aromatic N) is 2. The van der Waals surface area contributed by atoms with Crippen molar-refractivity contribution in [3.63, 3.8) is 0 Å². The van der Waals surface area contributed by atoms with Gasteiger partial charge in [-0.15, -0.1) is 0 Å². The van der Waals surface area contributed by atoms with E-state index in [0.717, 1.165) is 48.5 Å². The summed E-state index contributed by atoms with van der Waals surface area (Å²) in [5, 5.41) is 24.3. The Bertz CT molecular complexity index is 1300. The predicted molar refractivity (Wildman–Crippen MR) is 142 cm³/mol. The van der Waals surface area contributed by atoms with Crippen molar-refractivity contribution >= 4 is 29.1 Å². The maximum Gasteiger partial charge on any atom is 0.227 e. The van der Waals surface area contributed by atoms with Gasteiger partial charge in [0.1, 0.15) is 6.10 Å². The molecule has 1 amide bonds. The molecule has 2 unspecified atom stereocenters. The van der Waals surface area contributed by atoms with Gasteiger partial charge in [-0.3, -0.25) is 9.69 Å². The lowest BCUT2D eigenvalue weighted by Gasteiger charge is -2.64. The molecule has 2 saturated carbocycles. The van der Waals surface area contributed by atoms with Crippen LogP contribution >= 0.6 is 23.2 Å². The number of hydrogen-bond acceptors (Lipinski definition) is 5. The van der Waals surface area contributed by atoms with Crippen molar-refractivity contribution in [3.05, 3.63) is 57.1 Å². The lowest BCUT2D eigenvalue weighted by atomic mass is 9.48. The number of aromatic hydroxyl groups is 1. The van der Waals surface area contributed by atoms with Gasteiger partial charge in [0.2, 0.25) is 5.91 Å². The second kappa shape index (κ2) is 8.25. The van der Waals surface area contributed by atoms with E-state index in [1.165, 1.54) is 12.8 Å². The third kappa shape index (κ3) is 3.35. The molecule has 3 aliphatic carbocycles. The van der Waals surface area contributed by atoms with Crippen molar-refractivity contribution in [2.75, 3.05) is 20.1 Å². The van der Waals surface area contributed by atoms with E-state index >= 15 is 0 Å². The zero-order chi connectivity index (χ0) is 25.7. The fourth-order valence-electron chi connectivity index (χ4n) is 7.99. The van der Waals surface area contributed by atoms with E-state index in [9.17, 15) is 15.0 Å². The van der Waals surface area contributed by atoms with Gasteiger partial charge in [0.15, 0.2) is 11.5 Å². The zero-order valence-electron chi connectivity index (χ0n) is 20.9. The number of likely N-dealkylation sites (tertiary alicyclic amines) is 1. The second-order valence-corrected chi connectivity index (χ2v) is 12.6. The quantitative estimate of drug-likeness (QED) is 0.588. The Hall–Kier alpha value is -1.99. The van der Waals surface area contributed by atoms with E-state index in [0.29, 0.717) is 28.6 Å². The summed E-state index contributed by atoms with van der Waals surface area (Å²) in [6.07, 6.45) is 5.11.